The maximum atomic E-state index is 12.4. The Morgan fingerprint density at radius 2 is 2.05 bits per heavy atom. The van der Waals surface area contributed by atoms with Crippen molar-refractivity contribution in [3.63, 3.8) is 0 Å². The first-order chi connectivity index (χ1) is 10.0. The summed E-state index contributed by atoms with van der Waals surface area (Å²) in [6, 6.07) is 2.56. The Morgan fingerprint density at radius 1 is 1.38 bits per heavy atom. The van der Waals surface area contributed by atoms with Gasteiger partial charge >= 0.3 is 0 Å². The fourth-order valence-corrected chi connectivity index (χ4v) is 3.48. The zero-order chi connectivity index (χ0) is 15.4. The third kappa shape index (κ3) is 3.67. The Hall–Kier alpha value is -1.29. The van der Waals surface area contributed by atoms with E-state index in [-0.39, 0.29) is 18.6 Å². The lowest BCUT2D eigenvalue weighted by atomic mass is 9.95. The maximum absolute atomic E-state index is 12.4. The van der Waals surface area contributed by atoms with E-state index >= 15 is 0 Å². The molecule has 1 amide bonds. The van der Waals surface area contributed by atoms with E-state index in [0.717, 1.165) is 11.3 Å². The minimum absolute atomic E-state index is 0.000219. The van der Waals surface area contributed by atoms with E-state index in [1.165, 1.54) is 37.8 Å². The van der Waals surface area contributed by atoms with Crippen LogP contribution in [-0.4, -0.2) is 28.2 Å². The van der Waals surface area contributed by atoms with Crippen molar-refractivity contribution < 1.29 is 9.90 Å². The Morgan fingerprint density at radius 3 is 2.67 bits per heavy atom. The molecule has 0 aliphatic heterocycles. The van der Waals surface area contributed by atoms with Gasteiger partial charge < -0.3 is 15.0 Å². The first-order valence-corrected chi connectivity index (χ1v) is 8.14. The number of carbonyl (C=O) groups is 1. The maximum Gasteiger partial charge on any atom is 0.253 e. The summed E-state index contributed by atoms with van der Waals surface area (Å²) >= 11 is 0. The summed E-state index contributed by atoms with van der Waals surface area (Å²) in [4.78, 5) is 12.4. The molecule has 1 unspecified atom stereocenters. The first-order valence-electron chi connectivity index (χ1n) is 8.14. The number of amides is 1. The SMILES string of the molecule is Cc1cc(C(=O)NC(C)CCO)c(C)n1C1CCCCC1. The summed E-state index contributed by atoms with van der Waals surface area (Å²) in [5.41, 5.74) is 3.04. The molecule has 0 bridgehead atoms. The topological polar surface area (TPSA) is 54.3 Å². The number of aliphatic hydroxyl groups excluding tert-OH is 1. The second-order valence-corrected chi connectivity index (χ2v) is 6.33. The third-order valence-corrected chi connectivity index (χ3v) is 4.61. The van der Waals surface area contributed by atoms with Gasteiger partial charge in [0, 0.05) is 30.1 Å². The highest BCUT2D eigenvalue weighted by molar-refractivity contribution is 5.95. The molecule has 0 saturated heterocycles. The molecule has 2 N–H and O–H groups in total. The number of nitrogens with zero attached hydrogens (tertiary/aromatic N) is 1. The van der Waals surface area contributed by atoms with Gasteiger partial charge in [-0.15, -0.1) is 0 Å². The molecule has 1 heterocycles. The standard InChI is InChI=1S/C17H28N2O2/c1-12(9-10-20)18-17(21)16-11-13(2)19(14(16)3)15-7-5-4-6-8-15/h11-12,15,20H,4-10H2,1-3H3,(H,18,21). The van der Waals surface area contributed by atoms with Crippen LogP contribution in [0.2, 0.25) is 0 Å². The first kappa shape index (κ1) is 16.1. The summed E-state index contributed by atoms with van der Waals surface area (Å²) in [7, 11) is 0. The number of carbonyl (C=O) groups excluding carboxylic acids is 1. The average Bonchev–Trinajstić information content (AvgIpc) is 2.75. The largest absolute Gasteiger partial charge is 0.396 e. The zero-order valence-corrected chi connectivity index (χ0v) is 13.5. The van der Waals surface area contributed by atoms with Crippen LogP contribution in [-0.2, 0) is 0 Å². The summed E-state index contributed by atoms with van der Waals surface area (Å²) in [6.45, 7) is 6.17. The smallest absolute Gasteiger partial charge is 0.253 e. The Bertz CT molecular complexity index is 487. The minimum atomic E-state index is -0.0221. The van der Waals surface area contributed by atoms with Crippen molar-refractivity contribution in [2.45, 2.75) is 71.4 Å². The Labute approximate surface area is 127 Å². The van der Waals surface area contributed by atoms with Gasteiger partial charge in [-0.25, -0.2) is 0 Å². The van der Waals surface area contributed by atoms with Gasteiger partial charge in [0.2, 0.25) is 0 Å². The van der Waals surface area contributed by atoms with E-state index in [0.29, 0.717) is 12.5 Å². The van der Waals surface area contributed by atoms with Gasteiger partial charge in [0.05, 0.1) is 5.56 Å². The molecule has 2 rings (SSSR count). The second-order valence-electron chi connectivity index (χ2n) is 6.33. The lowest BCUT2D eigenvalue weighted by molar-refractivity contribution is 0.0933. The molecule has 0 spiro atoms. The quantitative estimate of drug-likeness (QED) is 0.876. The van der Waals surface area contributed by atoms with Crippen molar-refractivity contribution in [3.05, 3.63) is 23.0 Å². The fraction of sp³-hybridized carbons (Fsp3) is 0.706. The number of hydrogen-bond acceptors (Lipinski definition) is 2. The molecule has 1 atom stereocenters. The molecule has 1 aromatic rings. The third-order valence-electron chi connectivity index (χ3n) is 4.61. The molecular formula is C17H28N2O2. The highest BCUT2D eigenvalue weighted by Crippen LogP contribution is 2.32. The van der Waals surface area contributed by atoms with E-state index < -0.39 is 0 Å². The van der Waals surface area contributed by atoms with E-state index in [4.69, 9.17) is 5.11 Å². The molecule has 4 nitrogen and oxygen atoms in total. The Balaban J connectivity index is 2.16. The highest BCUT2D eigenvalue weighted by atomic mass is 16.3. The van der Waals surface area contributed by atoms with Crippen LogP contribution >= 0.6 is 0 Å². The van der Waals surface area contributed by atoms with Gasteiger partial charge in [-0.3, -0.25) is 4.79 Å². The van der Waals surface area contributed by atoms with Crippen molar-refractivity contribution in [2.24, 2.45) is 0 Å². The van der Waals surface area contributed by atoms with Gasteiger partial charge in [0.25, 0.3) is 5.91 Å². The normalized spacial score (nSPS) is 17.7. The van der Waals surface area contributed by atoms with Crippen LogP contribution in [0.15, 0.2) is 6.07 Å². The molecular weight excluding hydrogens is 264 g/mol. The van der Waals surface area contributed by atoms with Crippen LogP contribution < -0.4 is 5.32 Å². The number of hydrogen-bond donors (Lipinski definition) is 2. The minimum Gasteiger partial charge on any atom is -0.396 e. The van der Waals surface area contributed by atoms with Crippen LogP contribution in [0.25, 0.3) is 0 Å². The van der Waals surface area contributed by atoms with E-state index in [1.54, 1.807) is 0 Å². The summed E-state index contributed by atoms with van der Waals surface area (Å²) in [5, 5.41) is 11.9. The average molecular weight is 292 g/mol. The number of aryl methyl sites for hydroxylation is 1. The molecule has 1 aliphatic carbocycles. The summed E-state index contributed by atoms with van der Waals surface area (Å²) in [6.07, 6.45) is 6.94. The van der Waals surface area contributed by atoms with Crippen molar-refractivity contribution in [1.29, 1.82) is 0 Å². The molecule has 118 valence electrons. The van der Waals surface area contributed by atoms with Gasteiger partial charge in [-0.1, -0.05) is 19.3 Å². The van der Waals surface area contributed by atoms with E-state index in [9.17, 15) is 4.79 Å². The molecule has 1 saturated carbocycles. The van der Waals surface area contributed by atoms with Crippen LogP contribution in [0.4, 0.5) is 0 Å². The van der Waals surface area contributed by atoms with E-state index in [1.807, 2.05) is 19.9 Å². The summed E-state index contributed by atoms with van der Waals surface area (Å²) in [5.74, 6) is -0.0221. The lowest BCUT2D eigenvalue weighted by Gasteiger charge is -2.26. The van der Waals surface area contributed by atoms with E-state index in [2.05, 4.69) is 16.8 Å². The van der Waals surface area contributed by atoms with Crippen molar-refractivity contribution in [1.82, 2.24) is 9.88 Å². The number of aliphatic hydroxyl groups is 1. The van der Waals surface area contributed by atoms with Gasteiger partial charge in [0.1, 0.15) is 0 Å². The van der Waals surface area contributed by atoms with Crippen LogP contribution in [0.5, 0.6) is 0 Å². The molecule has 1 fully saturated rings. The molecule has 0 aromatic carbocycles. The zero-order valence-electron chi connectivity index (χ0n) is 13.5. The van der Waals surface area contributed by atoms with Crippen LogP contribution in [0.3, 0.4) is 0 Å². The van der Waals surface area contributed by atoms with Gasteiger partial charge in [0.15, 0.2) is 0 Å². The molecule has 4 heteroatoms. The molecule has 1 aliphatic rings. The monoisotopic (exact) mass is 292 g/mol. The lowest BCUT2D eigenvalue weighted by Crippen LogP contribution is -2.33. The predicted octanol–water partition coefficient (Wildman–Crippen LogP) is 3.11. The molecule has 21 heavy (non-hydrogen) atoms. The van der Waals surface area contributed by atoms with Gasteiger partial charge in [-0.05, 0) is 46.1 Å². The van der Waals surface area contributed by atoms with Crippen LogP contribution in [0, 0.1) is 13.8 Å². The summed E-state index contributed by atoms with van der Waals surface area (Å²) < 4.78 is 2.35. The number of rotatable bonds is 5. The van der Waals surface area contributed by atoms with Crippen molar-refractivity contribution in [2.75, 3.05) is 6.61 Å². The fourth-order valence-electron chi connectivity index (χ4n) is 3.48. The predicted molar refractivity (Wildman–Crippen MR) is 84.7 cm³/mol. The molecule has 0 radical (unpaired) electrons. The van der Waals surface area contributed by atoms with Gasteiger partial charge in [-0.2, -0.15) is 0 Å². The number of aromatic nitrogens is 1. The number of nitrogens with one attached hydrogen (secondary N) is 1. The van der Waals surface area contributed by atoms with Crippen molar-refractivity contribution in [3.8, 4) is 0 Å². The van der Waals surface area contributed by atoms with Crippen LogP contribution in [0.1, 0.15) is 73.2 Å². The Kier molecular flexibility index (Phi) is 5.45. The highest BCUT2D eigenvalue weighted by Gasteiger charge is 2.22. The second kappa shape index (κ2) is 7.12. The molecule has 1 aromatic heterocycles. The van der Waals surface area contributed by atoms with Crippen molar-refractivity contribution >= 4 is 5.91 Å².